The van der Waals surface area contributed by atoms with Crippen LogP contribution in [-0.4, -0.2) is 6.04 Å². The summed E-state index contributed by atoms with van der Waals surface area (Å²) in [5, 5.41) is 2.52. The molecule has 0 saturated heterocycles. The minimum Gasteiger partial charge on any atom is -0.337 e. The predicted molar refractivity (Wildman–Crippen MR) is 77.5 cm³/mol. The van der Waals surface area contributed by atoms with E-state index in [9.17, 15) is 0 Å². The fourth-order valence-electron chi connectivity index (χ4n) is 3.01. The van der Waals surface area contributed by atoms with Crippen LogP contribution in [-0.2, 0) is 6.42 Å². The van der Waals surface area contributed by atoms with Crippen molar-refractivity contribution < 1.29 is 5.32 Å². The van der Waals surface area contributed by atoms with Crippen LogP contribution >= 0.6 is 0 Å². The Morgan fingerprint density at radius 2 is 1.83 bits per heavy atom. The van der Waals surface area contributed by atoms with Crippen molar-refractivity contribution in [2.75, 3.05) is 0 Å². The average Bonchev–Trinajstić information content (AvgIpc) is 2.27. The normalized spacial score (nSPS) is 22.3. The van der Waals surface area contributed by atoms with E-state index in [1.807, 2.05) is 0 Å². The standard InChI is InChI=1S/C17H23N/c1-12(2)9-15-11-14-7-5-6-8-16(14)17(18-15)10-13(3)4/h5-8,15,17-18H,1,3,9-11H2,2,4H3/p+1/t15-,17-/m0/s1. The molecule has 0 bridgehead atoms. The zero-order chi connectivity index (χ0) is 13.1. The number of quaternary nitrogens is 1. The molecule has 0 spiro atoms. The van der Waals surface area contributed by atoms with E-state index in [2.05, 4.69) is 56.6 Å². The molecule has 0 saturated carbocycles. The lowest BCUT2D eigenvalue weighted by Crippen LogP contribution is -2.92. The SMILES string of the molecule is C=C(C)C[C@H]1Cc2ccccc2[C@H](CC(=C)C)[NH2+]1. The van der Waals surface area contributed by atoms with Crippen molar-refractivity contribution in [3.05, 3.63) is 59.7 Å². The van der Waals surface area contributed by atoms with Gasteiger partial charge in [-0.1, -0.05) is 48.6 Å². The van der Waals surface area contributed by atoms with Gasteiger partial charge in [0.25, 0.3) is 0 Å². The molecule has 0 unspecified atom stereocenters. The number of fused-ring (bicyclic) bond motifs is 1. The van der Waals surface area contributed by atoms with Crippen LogP contribution in [0.4, 0.5) is 0 Å². The second-order valence-corrected chi connectivity index (χ2v) is 5.78. The first-order valence-electron chi connectivity index (χ1n) is 6.78. The van der Waals surface area contributed by atoms with Crippen LogP contribution in [0.25, 0.3) is 0 Å². The topological polar surface area (TPSA) is 16.6 Å². The molecule has 2 rings (SSSR count). The molecule has 1 nitrogen and oxygen atoms in total. The summed E-state index contributed by atoms with van der Waals surface area (Å²) in [5.41, 5.74) is 5.56. The number of rotatable bonds is 4. The molecule has 0 aromatic heterocycles. The Balaban J connectivity index is 2.23. The fourth-order valence-corrected chi connectivity index (χ4v) is 3.01. The van der Waals surface area contributed by atoms with Crippen molar-refractivity contribution in [3.8, 4) is 0 Å². The first-order valence-corrected chi connectivity index (χ1v) is 6.78. The van der Waals surface area contributed by atoms with Gasteiger partial charge in [-0.2, -0.15) is 0 Å². The molecule has 2 atom stereocenters. The molecule has 18 heavy (non-hydrogen) atoms. The third kappa shape index (κ3) is 3.11. The van der Waals surface area contributed by atoms with Gasteiger partial charge < -0.3 is 5.32 Å². The molecule has 0 fully saturated rings. The lowest BCUT2D eigenvalue weighted by atomic mass is 9.86. The van der Waals surface area contributed by atoms with Gasteiger partial charge in [-0.25, -0.2) is 0 Å². The Morgan fingerprint density at radius 1 is 1.17 bits per heavy atom. The first-order chi connectivity index (χ1) is 8.56. The number of hydrogen-bond acceptors (Lipinski definition) is 0. The van der Waals surface area contributed by atoms with E-state index in [1.165, 1.54) is 22.3 Å². The minimum absolute atomic E-state index is 0.539. The fraction of sp³-hybridized carbons (Fsp3) is 0.412. The first kappa shape index (κ1) is 13.1. The quantitative estimate of drug-likeness (QED) is 0.781. The summed E-state index contributed by atoms with van der Waals surface area (Å²) in [4.78, 5) is 0. The van der Waals surface area contributed by atoms with Gasteiger partial charge in [0.2, 0.25) is 0 Å². The maximum absolute atomic E-state index is 4.07. The van der Waals surface area contributed by atoms with E-state index in [1.54, 1.807) is 0 Å². The van der Waals surface area contributed by atoms with Crippen molar-refractivity contribution in [2.24, 2.45) is 0 Å². The predicted octanol–water partition coefficient (Wildman–Crippen LogP) is 3.15. The molecule has 0 amide bonds. The van der Waals surface area contributed by atoms with Gasteiger partial charge in [-0.3, -0.25) is 0 Å². The van der Waals surface area contributed by atoms with E-state index in [4.69, 9.17) is 0 Å². The highest BCUT2D eigenvalue weighted by Gasteiger charge is 2.29. The van der Waals surface area contributed by atoms with Crippen molar-refractivity contribution >= 4 is 0 Å². The highest BCUT2D eigenvalue weighted by atomic mass is 15.0. The van der Waals surface area contributed by atoms with Crippen molar-refractivity contribution in [3.63, 3.8) is 0 Å². The molecule has 1 aliphatic rings. The lowest BCUT2D eigenvalue weighted by molar-refractivity contribution is -0.730. The molecular weight excluding hydrogens is 218 g/mol. The molecule has 1 heterocycles. The molecule has 2 N–H and O–H groups in total. The van der Waals surface area contributed by atoms with Gasteiger partial charge in [0.1, 0.15) is 6.04 Å². The van der Waals surface area contributed by atoms with E-state index in [-0.39, 0.29) is 0 Å². The number of benzene rings is 1. The van der Waals surface area contributed by atoms with Crippen LogP contribution in [0.15, 0.2) is 48.6 Å². The maximum atomic E-state index is 4.07. The van der Waals surface area contributed by atoms with Crippen LogP contribution < -0.4 is 5.32 Å². The maximum Gasteiger partial charge on any atom is 0.116 e. The molecule has 0 radical (unpaired) electrons. The van der Waals surface area contributed by atoms with E-state index < -0.39 is 0 Å². The molecule has 1 heteroatoms. The third-order valence-corrected chi connectivity index (χ3v) is 3.62. The monoisotopic (exact) mass is 242 g/mol. The van der Waals surface area contributed by atoms with Crippen LogP contribution in [0.1, 0.15) is 43.9 Å². The van der Waals surface area contributed by atoms with Crippen LogP contribution in [0.2, 0.25) is 0 Å². The zero-order valence-corrected chi connectivity index (χ0v) is 11.6. The van der Waals surface area contributed by atoms with Crippen molar-refractivity contribution in [1.29, 1.82) is 0 Å². The zero-order valence-electron chi connectivity index (χ0n) is 11.6. The van der Waals surface area contributed by atoms with E-state index in [0.29, 0.717) is 12.1 Å². The van der Waals surface area contributed by atoms with Gasteiger partial charge in [0.15, 0.2) is 0 Å². The van der Waals surface area contributed by atoms with Gasteiger partial charge in [-0.15, -0.1) is 0 Å². The molecule has 0 aliphatic carbocycles. The van der Waals surface area contributed by atoms with Crippen LogP contribution in [0.3, 0.4) is 0 Å². The summed E-state index contributed by atoms with van der Waals surface area (Å²) < 4.78 is 0. The van der Waals surface area contributed by atoms with Gasteiger partial charge >= 0.3 is 0 Å². The second-order valence-electron chi connectivity index (χ2n) is 5.78. The summed E-state index contributed by atoms with van der Waals surface area (Å²) >= 11 is 0. The van der Waals surface area contributed by atoms with Crippen LogP contribution in [0, 0.1) is 0 Å². The number of nitrogens with two attached hydrogens (primary N) is 1. The molecule has 96 valence electrons. The molecular formula is C17H24N+. The van der Waals surface area contributed by atoms with Gasteiger partial charge in [0.05, 0.1) is 6.04 Å². The summed E-state index contributed by atoms with van der Waals surface area (Å²) in [7, 11) is 0. The average molecular weight is 242 g/mol. The Bertz CT molecular complexity index is 458. The largest absolute Gasteiger partial charge is 0.337 e. The Kier molecular flexibility index (Phi) is 4.03. The van der Waals surface area contributed by atoms with Gasteiger partial charge in [0, 0.05) is 24.8 Å². The van der Waals surface area contributed by atoms with Crippen LogP contribution in [0.5, 0.6) is 0 Å². The Labute approximate surface area is 111 Å². The molecule has 1 aromatic rings. The second kappa shape index (κ2) is 5.53. The minimum atomic E-state index is 0.539. The Hall–Kier alpha value is -1.34. The summed E-state index contributed by atoms with van der Waals surface area (Å²) in [5.74, 6) is 0. The van der Waals surface area contributed by atoms with Crippen molar-refractivity contribution in [1.82, 2.24) is 0 Å². The Morgan fingerprint density at radius 3 is 2.50 bits per heavy atom. The molecule has 1 aromatic carbocycles. The molecule has 1 aliphatic heterocycles. The van der Waals surface area contributed by atoms with Crippen molar-refractivity contribution in [2.45, 2.75) is 45.2 Å². The summed E-state index contributed by atoms with van der Waals surface area (Å²) in [6.07, 6.45) is 3.35. The third-order valence-electron chi connectivity index (χ3n) is 3.62. The van der Waals surface area contributed by atoms with E-state index in [0.717, 1.165) is 19.3 Å². The summed E-state index contributed by atoms with van der Waals surface area (Å²) in [6.45, 7) is 12.4. The van der Waals surface area contributed by atoms with E-state index >= 15 is 0 Å². The summed E-state index contributed by atoms with van der Waals surface area (Å²) in [6, 6.07) is 10.0. The lowest BCUT2D eigenvalue weighted by Gasteiger charge is -2.30. The smallest absolute Gasteiger partial charge is 0.116 e. The number of hydrogen-bond donors (Lipinski definition) is 1. The highest BCUT2D eigenvalue weighted by Crippen LogP contribution is 2.26. The highest BCUT2D eigenvalue weighted by molar-refractivity contribution is 5.31. The van der Waals surface area contributed by atoms with Gasteiger partial charge in [-0.05, 0) is 19.4 Å².